The quantitative estimate of drug-likeness (QED) is 0.578. The number of hydrogen-bond acceptors (Lipinski definition) is 2. The van der Waals surface area contributed by atoms with E-state index in [1.807, 2.05) is 78.6 Å². The van der Waals surface area contributed by atoms with Crippen molar-refractivity contribution in [3.05, 3.63) is 101 Å². The lowest BCUT2D eigenvalue weighted by Gasteiger charge is -2.33. The zero-order chi connectivity index (χ0) is 22.3. The van der Waals surface area contributed by atoms with Gasteiger partial charge in [0.25, 0.3) is 5.91 Å². The van der Waals surface area contributed by atoms with Gasteiger partial charge in [0.15, 0.2) is 0 Å². The van der Waals surface area contributed by atoms with E-state index in [1.165, 1.54) is 5.56 Å². The van der Waals surface area contributed by atoms with Crippen LogP contribution in [0.25, 0.3) is 0 Å². The van der Waals surface area contributed by atoms with Crippen molar-refractivity contribution in [3.63, 3.8) is 0 Å². The summed E-state index contributed by atoms with van der Waals surface area (Å²) < 4.78 is 0. The number of likely N-dealkylation sites (tertiary alicyclic amines) is 1. The Bertz CT molecular complexity index is 1080. The molecule has 1 atom stereocenters. The molecule has 1 fully saturated rings. The van der Waals surface area contributed by atoms with E-state index in [-0.39, 0.29) is 17.9 Å². The first kappa shape index (κ1) is 21.6. The molecule has 5 heteroatoms. The predicted octanol–water partition coefficient (Wildman–Crippen LogP) is 5.34. The van der Waals surface area contributed by atoms with Gasteiger partial charge in [-0.05, 0) is 55.2 Å². The van der Waals surface area contributed by atoms with Gasteiger partial charge in [-0.1, -0.05) is 60.2 Å². The Kier molecular flexibility index (Phi) is 6.85. The van der Waals surface area contributed by atoms with Crippen molar-refractivity contribution >= 4 is 17.6 Å². The lowest BCUT2D eigenvalue weighted by Crippen LogP contribution is -2.41. The van der Waals surface area contributed by atoms with Crippen LogP contribution in [0.1, 0.15) is 45.8 Å². The summed E-state index contributed by atoms with van der Waals surface area (Å²) in [7, 11) is 0. The first-order chi connectivity index (χ1) is 15.6. The highest BCUT2D eigenvalue weighted by Gasteiger charge is 2.25. The van der Waals surface area contributed by atoms with Crippen molar-refractivity contribution in [2.45, 2.75) is 32.2 Å². The van der Waals surface area contributed by atoms with E-state index in [0.29, 0.717) is 18.7 Å². The summed E-state index contributed by atoms with van der Waals surface area (Å²) in [6.45, 7) is 3.93. The van der Waals surface area contributed by atoms with Gasteiger partial charge in [0.05, 0.1) is 0 Å². The molecule has 0 spiro atoms. The molecule has 0 bridgehead atoms. The van der Waals surface area contributed by atoms with Crippen LogP contribution in [0.15, 0.2) is 78.9 Å². The normalized spacial score (nSPS) is 15.8. The first-order valence-electron chi connectivity index (χ1n) is 11.1. The largest absolute Gasteiger partial charge is 0.348 e. The van der Waals surface area contributed by atoms with Crippen LogP contribution in [-0.4, -0.2) is 29.9 Å². The Balaban J connectivity index is 1.38. The van der Waals surface area contributed by atoms with Crippen LogP contribution in [0, 0.1) is 6.92 Å². The molecule has 1 aliphatic heterocycles. The molecule has 1 saturated heterocycles. The van der Waals surface area contributed by atoms with Gasteiger partial charge in [-0.15, -0.1) is 0 Å². The number of carbonyl (C=O) groups excluding carboxylic acids is 2. The molecule has 164 valence electrons. The molecular formula is C27H29N3O2. The lowest BCUT2D eigenvalue weighted by molar-refractivity contribution is 0.0950. The maximum absolute atomic E-state index is 12.7. The molecule has 0 unspecified atom stereocenters. The third-order valence-corrected chi connectivity index (χ3v) is 5.89. The van der Waals surface area contributed by atoms with E-state index >= 15 is 0 Å². The molecule has 0 aliphatic carbocycles. The molecule has 0 aromatic heterocycles. The lowest BCUT2D eigenvalue weighted by atomic mass is 9.89. The average Bonchev–Trinajstić information content (AvgIpc) is 2.83. The fourth-order valence-corrected chi connectivity index (χ4v) is 4.20. The molecule has 2 N–H and O–H groups in total. The molecule has 0 saturated carbocycles. The second-order valence-electron chi connectivity index (χ2n) is 8.38. The zero-order valence-electron chi connectivity index (χ0n) is 18.4. The molecule has 1 aliphatic rings. The minimum atomic E-state index is -0.0807. The number of hydrogen-bond donors (Lipinski definition) is 2. The number of piperidine rings is 1. The van der Waals surface area contributed by atoms with Crippen molar-refractivity contribution in [1.29, 1.82) is 0 Å². The molecule has 3 aromatic carbocycles. The number of urea groups is 1. The summed E-state index contributed by atoms with van der Waals surface area (Å²) >= 11 is 0. The van der Waals surface area contributed by atoms with Crippen molar-refractivity contribution in [3.8, 4) is 0 Å². The van der Waals surface area contributed by atoms with Crippen LogP contribution in [0.4, 0.5) is 10.5 Å². The third kappa shape index (κ3) is 5.55. The monoisotopic (exact) mass is 427 g/mol. The standard InChI is InChI=1S/C27H29N3O2/c1-20-8-5-9-21(16-20)18-28-26(31)23-11-6-10-22(17-23)24-12-7-15-30(19-24)27(32)29-25-13-3-2-4-14-25/h2-6,8-11,13-14,16-17,24H,7,12,15,18-19H2,1H3,(H,28,31)(H,29,32)/t24-/m0/s1. The number of benzene rings is 3. The fraction of sp³-hybridized carbons (Fsp3) is 0.259. The van der Waals surface area contributed by atoms with Gasteiger partial charge in [-0.2, -0.15) is 0 Å². The average molecular weight is 428 g/mol. The summed E-state index contributed by atoms with van der Waals surface area (Å²) in [6.07, 6.45) is 1.94. The number of rotatable bonds is 5. The maximum atomic E-state index is 12.7. The van der Waals surface area contributed by atoms with Gasteiger partial charge in [-0.25, -0.2) is 4.79 Å². The van der Waals surface area contributed by atoms with Gasteiger partial charge >= 0.3 is 6.03 Å². The molecule has 0 radical (unpaired) electrons. The van der Waals surface area contributed by atoms with E-state index in [9.17, 15) is 9.59 Å². The van der Waals surface area contributed by atoms with E-state index in [2.05, 4.69) is 22.8 Å². The van der Waals surface area contributed by atoms with Crippen LogP contribution < -0.4 is 10.6 Å². The predicted molar refractivity (Wildman–Crippen MR) is 128 cm³/mol. The number of amides is 3. The van der Waals surface area contributed by atoms with Crippen LogP contribution in [0.5, 0.6) is 0 Å². The van der Waals surface area contributed by atoms with Crippen molar-refractivity contribution in [2.24, 2.45) is 0 Å². The number of nitrogens with zero attached hydrogens (tertiary/aromatic N) is 1. The molecule has 3 amide bonds. The maximum Gasteiger partial charge on any atom is 0.321 e. The second-order valence-corrected chi connectivity index (χ2v) is 8.38. The Morgan fingerprint density at radius 2 is 1.78 bits per heavy atom. The smallest absolute Gasteiger partial charge is 0.321 e. The van der Waals surface area contributed by atoms with E-state index in [1.54, 1.807) is 0 Å². The number of aryl methyl sites for hydroxylation is 1. The van der Waals surface area contributed by atoms with Crippen molar-refractivity contribution in [1.82, 2.24) is 10.2 Å². The van der Waals surface area contributed by atoms with Gasteiger partial charge in [0.2, 0.25) is 0 Å². The molecule has 3 aromatic rings. The van der Waals surface area contributed by atoms with Crippen LogP contribution in [-0.2, 0) is 6.54 Å². The van der Waals surface area contributed by atoms with E-state index < -0.39 is 0 Å². The molecule has 5 nitrogen and oxygen atoms in total. The minimum absolute atomic E-state index is 0.0760. The molecule has 4 rings (SSSR count). The summed E-state index contributed by atoms with van der Waals surface area (Å²) in [5.74, 6) is 0.137. The Labute approximate surface area is 189 Å². The van der Waals surface area contributed by atoms with Crippen LogP contribution in [0.2, 0.25) is 0 Å². The number of nitrogens with one attached hydrogen (secondary N) is 2. The van der Waals surface area contributed by atoms with Crippen LogP contribution in [0.3, 0.4) is 0 Å². The van der Waals surface area contributed by atoms with Gasteiger partial charge in [0.1, 0.15) is 0 Å². The second kappa shape index (κ2) is 10.1. The molecule has 1 heterocycles. The first-order valence-corrected chi connectivity index (χ1v) is 11.1. The SMILES string of the molecule is Cc1cccc(CNC(=O)c2cccc([C@H]3CCCN(C(=O)Nc4ccccc4)C3)c2)c1. The van der Waals surface area contributed by atoms with Gasteiger partial charge < -0.3 is 15.5 Å². The van der Waals surface area contributed by atoms with Gasteiger partial charge in [-0.3, -0.25) is 4.79 Å². The zero-order valence-corrected chi connectivity index (χ0v) is 18.4. The van der Waals surface area contributed by atoms with Crippen molar-refractivity contribution < 1.29 is 9.59 Å². The Morgan fingerprint density at radius 1 is 0.969 bits per heavy atom. The fourth-order valence-electron chi connectivity index (χ4n) is 4.20. The molecular weight excluding hydrogens is 398 g/mol. The topological polar surface area (TPSA) is 61.4 Å². The van der Waals surface area contributed by atoms with Gasteiger partial charge in [0, 0.05) is 36.8 Å². The van der Waals surface area contributed by atoms with Crippen LogP contribution >= 0.6 is 0 Å². The highest BCUT2D eigenvalue weighted by molar-refractivity contribution is 5.94. The third-order valence-electron chi connectivity index (χ3n) is 5.89. The Morgan fingerprint density at radius 3 is 2.59 bits per heavy atom. The summed E-state index contributed by atoms with van der Waals surface area (Å²) in [6, 6.07) is 25.4. The van der Waals surface area contributed by atoms with E-state index in [0.717, 1.165) is 36.2 Å². The minimum Gasteiger partial charge on any atom is -0.348 e. The number of carbonyl (C=O) groups is 2. The van der Waals surface area contributed by atoms with E-state index in [4.69, 9.17) is 0 Å². The number of anilines is 1. The molecule has 32 heavy (non-hydrogen) atoms. The highest BCUT2D eigenvalue weighted by Crippen LogP contribution is 2.28. The summed E-state index contributed by atoms with van der Waals surface area (Å²) in [4.78, 5) is 27.3. The highest BCUT2D eigenvalue weighted by atomic mass is 16.2. The Hall–Kier alpha value is -3.60. The number of para-hydroxylation sites is 1. The summed E-state index contributed by atoms with van der Waals surface area (Å²) in [5, 5.41) is 5.99. The summed E-state index contributed by atoms with van der Waals surface area (Å²) in [5.41, 5.74) is 4.82. The van der Waals surface area contributed by atoms with Crippen molar-refractivity contribution in [2.75, 3.05) is 18.4 Å².